The van der Waals surface area contributed by atoms with Crippen molar-refractivity contribution >= 4 is 28.9 Å². The van der Waals surface area contributed by atoms with Crippen LogP contribution in [0.4, 0.5) is 11.4 Å². The molecule has 0 aliphatic heterocycles. The molecule has 0 unspecified atom stereocenters. The van der Waals surface area contributed by atoms with Crippen LogP contribution in [0.3, 0.4) is 0 Å². The van der Waals surface area contributed by atoms with Gasteiger partial charge in [0.1, 0.15) is 5.75 Å². The van der Waals surface area contributed by atoms with Crippen molar-refractivity contribution in [2.24, 2.45) is 0 Å². The molecule has 0 radical (unpaired) electrons. The third-order valence-corrected chi connectivity index (χ3v) is 3.94. The summed E-state index contributed by atoms with van der Waals surface area (Å²) in [6, 6.07) is 13.1. The molecule has 5 heteroatoms. The Morgan fingerprint density at radius 1 is 1.21 bits per heavy atom. The smallest absolute Gasteiger partial charge is 0.243 e. The van der Waals surface area contributed by atoms with Gasteiger partial charge in [0.05, 0.1) is 18.8 Å². The molecule has 0 aliphatic carbocycles. The van der Waals surface area contributed by atoms with E-state index in [9.17, 15) is 4.79 Å². The zero-order chi connectivity index (χ0) is 17.4. The Balaban J connectivity index is 1.90. The molecule has 2 aromatic rings. The number of halogens is 1. The van der Waals surface area contributed by atoms with Crippen molar-refractivity contribution in [2.45, 2.75) is 26.7 Å². The molecule has 0 saturated heterocycles. The summed E-state index contributed by atoms with van der Waals surface area (Å²) >= 11 is 6.07. The lowest BCUT2D eigenvalue weighted by atomic mass is 10.2. The van der Waals surface area contributed by atoms with Crippen molar-refractivity contribution < 1.29 is 9.53 Å². The van der Waals surface area contributed by atoms with Crippen LogP contribution in [0.25, 0.3) is 0 Å². The first kappa shape index (κ1) is 18.1. The molecule has 4 nitrogen and oxygen atoms in total. The molecule has 0 heterocycles. The van der Waals surface area contributed by atoms with Crippen LogP contribution in [-0.2, 0) is 4.79 Å². The van der Waals surface area contributed by atoms with E-state index in [0.717, 1.165) is 29.8 Å². The summed E-state index contributed by atoms with van der Waals surface area (Å²) in [5.74, 6) is 0.621. The van der Waals surface area contributed by atoms with Crippen LogP contribution in [0.5, 0.6) is 5.75 Å². The van der Waals surface area contributed by atoms with Crippen LogP contribution in [0.15, 0.2) is 42.5 Å². The Morgan fingerprint density at radius 2 is 2.00 bits per heavy atom. The maximum atomic E-state index is 12.1. The predicted molar refractivity (Wildman–Crippen MR) is 100 cm³/mol. The van der Waals surface area contributed by atoms with Crippen LogP contribution in [0.1, 0.15) is 25.3 Å². The van der Waals surface area contributed by atoms with Gasteiger partial charge in [0.25, 0.3) is 0 Å². The lowest BCUT2D eigenvalue weighted by Gasteiger charge is -2.13. The minimum Gasteiger partial charge on any atom is -0.491 e. The summed E-state index contributed by atoms with van der Waals surface area (Å²) in [4.78, 5) is 12.1. The van der Waals surface area contributed by atoms with Crippen molar-refractivity contribution in [3.05, 3.63) is 53.1 Å². The standard InChI is InChI=1S/C19H23ClN2O2/c1-3-4-11-24-18-8-6-5-7-17(18)21-13-19(23)22-15-10-9-14(2)16(20)12-15/h5-10,12,21H,3-4,11,13H2,1-2H3,(H,22,23). The van der Waals surface area contributed by atoms with Crippen molar-refractivity contribution in [3.8, 4) is 5.75 Å². The highest BCUT2D eigenvalue weighted by Crippen LogP contribution is 2.24. The molecule has 0 aromatic heterocycles. The Bertz CT molecular complexity index is 689. The van der Waals surface area contributed by atoms with Gasteiger partial charge < -0.3 is 15.4 Å². The van der Waals surface area contributed by atoms with Crippen LogP contribution in [-0.4, -0.2) is 19.1 Å². The van der Waals surface area contributed by atoms with Gasteiger partial charge in [-0.05, 0) is 43.2 Å². The molecule has 2 aromatic carbocycles. The normalized spacial score (nSPS) is 10.3. The molecule has 0 atom stereocenters. The van der Waals surface area contributed by atoms with E-state index < -0.39 is 0 Å². The van der Waals surface area contributed by atoms with E-state index in [2.05, 4.69) is 17.6 Å². The number of rotatable bonds is 8. The number of hydrogen-bond acceptors (Lipinski definition) is 3. The first-order valence-corrected chi connectivity index (χ1v) is 8.49. The number of hydrogen-bond donors (Lipinski definition) is 2. The van der Waals surface area contributed by atoms with E-state index >= 15 is 0 Å². The van der Waals surface area contributed by atoms with Gasteiger partial charge in [0.2, 0.25) is 5.91 Å². The minimum atomic E-state index is -0.140. The number of amides is 1. The summed E-state index contributed by atoms with van der Waals surface area (Å²) in [5.41, 5.74) is 2.47. The van der Waals surface area contributed by atoms with Gasteiger partial charge in [0.15, 0.2) is 0 Å². The number of para-hydroxylation sites is 2. The molecule has 128 valence electrons. The molecule has 0 fully saturated rings. The zero-order valence-electron chi connectivity index (χ0n) is 14.1. The first-order valence-electron chi connectivity index (χ1n) is 8.12. The molecule has 0 aliphatic rings. The van der Waals surface area contributed by atoms with Crippen molar-refractivity contribution in [2.75, 3.05) is 23.8 Å². The maximum absolute atomic E-state index is 12.1. The van der Waals surface area contributed by atoms with Gasteiger partial charge in [-0.3, -0.25) is 4.79 Å². The van der Waals surface area contributed by atoms with Crippen molar-refractivity contribution in [3.63, 3.8) is 0 Å². The van der Waals surface area contributed by atoms with E-state index in [4.69, 9.17) is 16.3 Å². The van der Waals surface area contributed by atoms with Gasteiger partial charge in [-0.15, -0.1) is 0 Å². The number of anilines is 2. The second-order valence-electron chi connectivity index (χ2n) is 5.56. The SMILES string of the molecule is CCCCOc1ccccc1NCC(=O)Nc1ccc(C)c(Cl)c1. The van der Waals surface area contributed by atoms with Crippen LogP contribution >= 0.6 is 11.6 Å². The minimum absolute atomic E-state index is 0.140. The van der Waals surface area contributed by atoms with Gasteiger partial charge in [0, 0.05) is 10.7 Å². The average molecular weight is 347 g/mol. The van der Waals surface area contributed by atoms with Crippen molar-refractivity contribution in [1.82, 2.24) is 0 Å². The van der Waals surface area contributed by atoms with Gasteiger partial charge in [-0.2, -0.15) is 0 Å². The molecule has 2 rings (SSSR count). The lowest BCUT2D eigenvalue weighted by molar-refractivity contribution is -0.114. The molecule has 2 N–H and O–H groups in total. The number of unbranched alkanes of at least 4 members (excludes halogenated alkanes) is 1. The summed E-state index contributed by atoms with van der Waals surface area (Å²) < 4.78 is 5.75. The summed E-state index contributed by atoms with van der Waals surface area (Å²) in [7, 11) is 0. The molecule has 0 spiro atoms. The van der Waals surface area contributed by atoms with E-state index in [1.807, 2.05) is 43.3 Å². The van der Waals surface area contributed by atoms with E-state index in [1.165, 1.54) is 0 Å². The Hall–Kier alpha value is -2.20. The average Bonchev–Trinajstić information content (AvgIpc) is 2.57. The van der Waals surface area contributed by atoms with E-state index in [-0.39, 0.29) is 12.5 Å². The number of carbonyl (C=O) groups is 1. The molecular formula is C19H23ClN2O2. The molecule has 0 bridgehead atoms. The highest BCUT2D eigenvalue weighted by Gasteiger charge is 2.07. The Kier molecular flexibility index (Phi) is 6.94. The number of aryl methyl sites for hydroxylation is 1. The fourth-order valence-electron chi connectivity index (χ4n) is 2.12. The van der Waals surface area contributed by atoms with Crippen molar-refractivity contribution in [1.29, 1.82) is 0 Å². The second kappa shape index (κ2) is 9.18. The third kappa shape index (κ3) is 5.46. The van der Waals surface area contributed by atoms with Crippen LogP contribution in [0.2, 0.25) is 5.02 Å². The molecular weight excluding hydrogens is 324 g/mol. The summed E-state index contributed by atoms with van der Waals surface area (Å²) in [5, 5.41) is 6.58. The van der Waals surface area contributed by atoms with Crippen LogP contribution in [0, 0.1) is 6.92 Å². The third-order valence-electron chi connectivity index (χ3n) is 3.54. The fraction of sp³-hybridized carbons (Fsp3) is 0.316. The Morgan fingerprint density at radius 3 is 2.75 bits per heavy atom. The number of nitrogens with one attached hydrogen (secondary N) is 2. The van der Waals surface area contributed by atoms with E-state index in [0.29, 0.717) is 17.3 Å². The van der Waals surface area contributed by atoms with Gasteiger partial charge >= 0.3 is 0 Å². The largest absolute Gasteiger partial charge is 0.491 e. The van der Waals surface area contributed by atoms with Crippen LogP contribution < -0.4 is 15.4 Å². The highest BCUT2D eigenvalue weighted by atomic mass is 35.5. The summed E-state index contributed by atoms with van der Waals surface area (Å²) in [6.45, 7) is 4.86. The second-order valence-corrected chi connectivity index (χ2v) is 5.97. The number of carbonyl (C=O) groups excluding carboxylic acids is 1. The highest BCUT2D eigenvalue weighted by molar-refractivity contribution is 6.31. The topological polar surface area (TPSA) is 50.4 Å². The first-order chi connectivity index (χ1) is 11.6. The van der Waals surface area contributed by atoms with Gasteiger partial charge in [-0.1, -0.05) is 43.1 Å². The molecule has 1 amide bonds. The number of benzene rings is 2. The predicted octanol–water partition coefficient (Wildman–Crippen LogP) is 4.88. The lowest BCUT2D eigenvalue weighted by Crippen LogP contribution is -2.22. The maximum Gasteiger partial charge on any atom is 0.243 e. The fourth-order valence-corrected chi connectivity index (χ4v) is 2.30. The monoisotopic (exact) mass is 346 g/mol. The zero-order valence-corrected chi connectivity index (χ0v) is 14.8. The number of ether oxygens (including phenoxy) is 1. The molecule has 24 heavy (non-hydrogen) atoms. The summed E-state index contributed by atoms with van der Waals surface area (Å²) in [6.07, 6.45) is 2.08. The quantitative estimate of drug-likeness (QED) is 0.670. The molecule has 0 saturated carbocycles. The Labute approximate surface area is 148 Å². The van der Waals surface area contributed by atoms with Gasteiger partial charge in [-0.25, -0.2) is 0 Å². The van der Waals surface area contributed by atoms with E-state index in [1.54, 1.807) is 6.07 Å².